The molecular weight excluding hydrogens is 492 g/mol. The average molecular weight is 508 g/mol. The molecule has 0 saturated carbocycles. The Hall–Kier alpha value is -2.98. The Kier molecular flexibility index (Phi) is 6.80. The van der Waals surface area contributed by atoms with E-state index in [0.29, 0.717) is 36.1 Å². The number of benzene rings is 1. The lowest BCUT2D eigenvalue weighted by molar-refractivity contribution is -0.0510. The second-order valence-corrected chi connectivity index (χ2v) is 8.95. The van der Waals surface area contributed by atoms with Crippen LogP contribution in [0.4, 0.5) is 17.6 Å². The fraction of sp³-hybridized carbons (Fsp3) is 0.353. The highest BCUT2D eigenvalue weighted by molar-refractivity contribution is 7.86. The molecule has 0 aliphatic carbocycles. The minimum atomic E-state index is -5.84. The predicted molar refractivity (Wildman–Crippen MR) is 107 cm³/mol. The summed E-state index contributed by atoms with van der Waals surface area (Å²) in [6.45, 7) is 4.84. The first-order chi connectivity index (χ1) is 15.3. The van der Waals surface area contributed by atoms with Gasteiger partial charge in [-0.3, -0.25) is 9.35 Å². The first-order valence-corrected chi connectivity index (χ1v) is 11.3. The molecule has 0 radical (unpaired) electrons. The van der Waals surface area contributed by atoms with Crippen LogP contribution < -0.4 is 0 Å². The number of rotatable bonds is 2. The third-order valence-corrected chi connectivity index (χ3v) is 5.94. The second-order valence-electron chi connectivity index (χ2n) is 6.78. The van der Waals surface area contributed by atoms with Crippen molar-refractivity contribution in [2.24, 2.45) is 0 Å². The molecule has 1 amide bonds. The third kappa shape index (κ3) is 5.33. The van der Waals surface area contributed by atoms with Crippen molar-refractivity contribution in [1.29, 1.82) is 0 Å². The van der Waals surface area contributed by atoms with Crippen molar-refractivity contribution < 1.29 is 35.3 Å². The molecule has 2 aromatic heterocycles. The highest BCUT2D eigenvalue weighted by Crippen LogP contribution is 2.30. The largest absolute Gasteiger partial charge is 0.522 e. The van der Waals surface area contributed by atoms with Crippen LogP contribution in [0.1, 0.15) is 35.0 Å². The molecule has 1 aromatic carbocycles. The number of carbonyl (C=O) groups is 1. The fourth-order valence-corrected chi connectivity index (χ4v) is 3.63. The van der Waals surface area contributed by atoms with Gasteiger partial charge in [0.15, 0.2) is 16.7 Å². The van der Waals surface area contributed by atoms with E-state index >= 15 is 0 Å². The molecule has 10 nitrogen and oxygen atoms in total. The first-order valence-electron chi connectivity index (χ1n) is 9.13. The summed E-state index contributed by atoms with van der Waals surface area (Å²) in [6.07, 6.45) is 0. The SMILES string of the molecule is Cc1nsc(-c2nnc3n2CCN(C(=O)c2ccc(F)cc2)[C@@H]3C)n1.O=S(=O)(O)C(F)(F)F. The molecular formula is C17H16F4N6O4S2. The molecule has 0 saturated heterocycles. The zero-order valence-corrected chi connectivity index (χ0v) is 18.6. The van der Waals surface area contributed by atoms with Crippen molar-refractivity contribution in [2.45, 2.75) is 31.9 Å². The van der Waals surface area contributed by atoms with Crippen LogP contribution in [0.2, 0.25) is 0 Å². The number of carbonyl (C=O) groups excluding carboxylic acids is 1. The Bertz CT molecular complexity index is 1260. The molecule has 0 unspecified atom stereocenters. The Labute approximate surface area is 188 Å². The number of nitrogens with zero attached hydrogens (tertiary/aromatic N) is 6. The second kappa shape index (κ2) is 9.11. The summed E-state index contributed by atoms with van der Waals surface area (Å²) in [5.74, 6) is 1.59. The number of alkyl halides is 3. The van der Waals surface area contributed by atoms with E-state index in [4.69, 9.17) is 13.0 Å². The Morgan fingerprint density at radius 3 is 2.30 bits per heavy atom. The average Bonchev–Trinajstić information content (AvgIpc) is 3.34. The molecule has 1 N–H and O–H groups in total. The van der Waals surface area contributed by atoms with Crippen LogP contribution in [0.3, 0.4) is 0 Å². The van der Waals surface area contributed by atoms with Crippen molar-refractivity contribution >= 4 is 27.6 Å². The molecule has 178 valence electrons. The smallest absolute Gasteiger partial charge is 0.327 e. The maximum Gasteiger partial charge on any atom is 0.522 e. The van der Waals surface area contributed by atoms with E-state index < -0.39 is 15.6 Å². The van der Waals surface area contributed by atoms with Gasteiger partial charge in [0.2, 0.25) is 0 Å². The fourth-order valence-electron chi connectivity index (χ4n) is 2.97. The summed E-state index contributed by atoms with van der Waals surface area (Å²) in [7, 11) is -5.84. The molecule has 1 aliphatic rings. The maximum absolute atomic E-state index is 13.1. The Morgan fingerprint density at radius 1 is 1.18 bits per heavy atom. The topological polar surface area (TPSA) is 131 Å². The highest BCUT2D eigenvalue weighted by Gasteiger charge is 2.44. The number of amides is 1. The van der Waals surface area contributed by atoms with Gasteiger partial charge in [0.1, 0.15) is 11.6 Å². The van der Waals surface area contributed by atoms with Crippen LogP contribution in [-0.4, -0.2) is 60.0 Å². The van der Waals surface area contributed by atoms with E-state index in [-0.39, 0.29) is 17.8 Å². The van der Waals surface area contributed by atoms with Crippen molar-refractivity contribution in [2.75, 3.05) is 6.54 Å². The molecule has 3 heterocycles. The lowest BCUT2D eigenvalue weighted by atomic mass is 10.1. The maximum atomic E-state index is 13.1. The third-order valence-electron chi connectivity index (χ3n) is 4.55. The standard InChI is InChI=1S/C16H15FN6OS.CHF3O3S/c1-9-13-19-20-14(15-18-10(2)21-25-15)23(13)8-7-22(9)16(24)11-3-5-12(17)6-4-11;2-1(3,4)8(5,6)7/h3-6,9H,7-8H2,1-2H3;(H,5,6,7)/t9-;/m1./s1. The van der Waals surface area contributed by atoms with Gasteiger partial charge < -0.3 is 9.47 Å². The van der Waals surface area contributed by atoms with Crippen LogP contribution in [0.25, 0.3) is 10.8 Å². The molecule has 16 heteroatoms. The number of aryl methyl sites for hydroxylation is 1. The van der Waals surface area contributed by atoms with Gasteiger partial charge in [-0.25, -0.2) is 9.37 Å². The van der Waals surface area contributed by atoms with Gasteiger partial charge >= 0.3 is 15.6 Å². The molecule has 0 spiro atoms. The van der Waals surface area contributed by atoms with E-state index in [1.54, 1.807) is 4.90 Å². The van der Waals surface area contributed by atoms with Crippen LogP contribution in [-0.2, 0) is 16.7 Å². The highest BCUT2D eigenvalue weighted by atomic mass is 32.2. The summed E-state index contributed by atoms with van der Waals surface area (Å²) in [4.78, 5) is 18.8. The Balaban J connectivity index is 0.000000331. The van der Waals surface area contributed by atoms with Crippen molar-refractivity contribution in [3.63, 3.8) is 0 Å². The molecule has 1 atom stereocenters. The molecule has 3 aromatic rings. The summed E-state index contributed by atoms with van der Waals surface area (Å²) >= 11 is 1.29. The van der Waals surface area contributed by atoms with E-state index in [2.05, 4.69) is 19.6 Å². The summed E-state index contributed by atoms with van der Waals surface area (Å²) in [6, 6.07) is 5.35. The van der Waals surface area contributed by atoms with Crippen LogP contribution in [0.5, 0.6) is 0 Å². The molecule has 1 aliphatic heterocycles. The quantitative estimate of drug-likeness (QED) is 0.318. The molecule has 33 heavy (non-hydrogen) atoms. The summed E-state index contributed by atoms with van der Waals surface area (Å²) < 4.78 is 76.8. The zero-order valence-electron chi connectivity index (χ0n) is 17.0. The van der Waals surface area contributed by atoms with Crippen LogP contribution >= 0.6 is 11.5 Å². The van der Waals surface area contributed by atoms with Crippen molar-refractivity contribution in [1.82, 2.24) is 29.0 Å². The minimum absolute atomic E-state index is 0.143. The van der Waals surface area contributed by atoms with E-state index in [9.17, 15) is 22.4 Å². The van der Waals surface area contributed by atoms with E-state index in [1.807, 2.05) is 18.4 Å². The predicted octanol–water partition coefficient (Wildman–Crippen LogP) is 2.86. The van der Waals surface area contributed by atoms with E-state index in [1.165, 1.54) is 35.8 Å². The number of hydrogen-bond acceptors (Lipinski definition) is 8. The number of fused-ring (bicyclic) bond motifs is 1. The molecule has 0 fully saturated rings. The lowest BCUT2D eigenvalue weighted by Gasteiger charge is -2.33. The van der Waals surface area contributed by atoms with Gasteiger partial charge in [-0.05, 0) is 49.6 Å². The number of hydrogen-bond donors (Lipinski definition) is 1. The number of halogens is 4. The summed E-state index contributed by atoms with van der Waals surface area (Å²) in [5.41, 5.74) is -5.08. The van der Waals surface area contributed by atoms with Gasteiger partial charge in [0.25, 0.3) is 5.91 Å². The van der Waals surface area contributed by atoms with Gasteiger partial charge in [-0.1, -0.05) is 0 Å². The van der Waals surface area contributed by atoms with Gasteiger partial charge in [-0.2, -0.15) is 26.0 Å². The zero-order chi connectivity index (χ0) is 24.6. The van der Waals surface area contributed by atoms with Gasteiger partial charge in [0.05, 0.1) is 6.04 Å². The van der Waals surface area contributed by atoms with Gasteiger partial charge in [-0.15, -0.1) is 10.2 Å². The van der Waals surface area contributed by atoms with Crippen molar-refractivity contribution in [3.8, 4) is 10.8 Å². The first kappa shape index (κ1) is 24.7. The lowest BCUT2D eigenvalue weighted by Crippen LogP contribution is -2.41. The van der Waals surface area contributed by atoms with E-state index in [0.717, 1.165) is 5.01 Å². The van der Waals surface area contributed by atoms with Gasteiger partial charge in [0, 0.05) is 18.7 Å². The van der Waals surface area contributed by atoms with Crippen molar-refractivity contribution in [3.05, 3.63) is 47.3 Å². The number of aromatic nitrogens is 5. The monoisotopic (exact) mass is 508 g/mol. The Morgan fingerprint density at radius 2 is 1.79 bits per heavy atom. The normalized spacial score (nSPS) is 16.1. The van der Waals surface area contributed by atoms with Crippen LogP contribution in [0, 0.1) is 12.7 Å². The van der Waals surface area contributed by atoms with Crippen LogP contribution in [0.15, 0.2) is 24.3 Å². The summed E-state index contributed by atoms with van der Waals surface area (Å²) in [5, 5.41) is 9.23. The molecule has 4 rings (SSSR count). The molecule has 0 bridgehead atoms. The minimum Gasteiger partial charge on any atom is -0.327 e.